The number of nitrogens with one attached hydrogen (secondary N) is 1. The number of ketones is 1. The van der Waals surface area contributed by atoms with E-state index in [0.29, 0.717) is 43.8 Å². The number of carbonyl (C=O) groups excluding carboxylic acids is 2. The van der Waals surface area contributed by atoms with Crippen LogP contribution < -0.4 is 10.3 Å². The van der Waals surface area contributed by atoms with Gasteiger partial charge >= 0.3 is 0 Å². The molecule has 32 heavy (non-hydrogen) atoms. The highest BCUT2D eigenvalue weighted by atomic mass is 16.5. The number of pyridine rings is 1. The van der Waals surface area contributed by atoms with E-state index >= 15 is 0 Å². The summed E-state index contributed by atoms with van der Waals surface area (Å²) in [4.78, 5) is 45.1. The molecule has 0 saturated carbocycles. The van der Waals surface area contributed by atoms with Gasteiger partial charge in [0.1, 0.15) is 11.3 Å². The Kier molecular flexibility index (Phi) is 6.20. The number of fused-ring (bicyclic) bond motifs is 1. The van der Waals surface area contributed by atoms with Gasteiger partial charge in [0, 0.05) is 50.4 Å². The monoisotopic (exact) mass is 437 g/mol. The maximum Gasteiger partial charge on any atom is 0.261 e. The van der Waals surface area contributed by atoms with Crippen LogP contribution in [0.25, 0.3) is 0 Å². The molecule has 7 heteroatoms. The van der Waals surface area contributed by atoms with Crippen molar-refractivity contribution in [1.29, 1.82) is 0 Å². The van der Waals surface area contributed by atoms with E-state index in [1.54, 1.807) is 4.90 Å². The summed E-state index contributed by atoms with van der Waals surface area (Å²) in [5.74, 6) is 0.554. The Morgan fingerprint density at radius 2 is 1.75 bits per heavy atom. The summed E-state index contributed by atoms with van der Waals surface area (Å²) in [6.45, 7) is 10.00. The summed E-state index contributed by atoms with van der Waals surface area (Å²) in [5, 5.41) is 0. The predicted octanol–water partition coefficient (Wildman–Crippen LogP) is 2.89. The van der Waals surface area contributed by atoms with E-state index in [1.165, 1.54) is 11.6 Å². The molecule has 2 heterocycles. The van der Waals surface area contributed by atoms with Crippen molar-refractivity contribution >= 4 is 11.7 Å². The van der Waals surface area contributed by atoms with E-state index in [1.807, 2.05) is 32.9 Å². The zero-order chi connectivity index (χ0) is 22.9. The van der Waals surface area contributed by atoms with Gasteiger partial charge in [0.15, 0.2) is 5.78 Å². The fourth-order valence-electron chi connectivity index (χ4n) is 4.58. The summed E-state index contributed by atoms with van der Waals surface area (Å²) in [5.41, 5.74) is 1.81. The summed E-state index contributed by atoms with van der Waals surface area (Å²) in [6, 6.07) is 9.59. The van der Waals surface area contributed by atoms with E-state index in [2.05, 4.69) is 22.0 Å². The van der Waals surface area contributed by atoms with Gasteiger partial charge in [-0.15, -0.1) is 0 Å². The third-order valence-electron chi connectivity index (χ3n) is 6.25. The van der Waals surface area contributed by atoms with E-state index in [-0.39, 0.29) is 22.7 Å². The van der Waals surface area contributed by atoms with Gasteiger partial charge in [0.25, 0.3) is 11.5 Å². The minimum absolute atomic E-state index is 0.0123. The number of nitrogens with zero attached hydrogens (tertiary/aromatic N) is 2. The first kappa shape index (κ1) is 22.3. The minimum atomic E-state index is -0.406. The third kappa shape index (κ3) is 4.78. The summed E-state index contributed by atoms with van der Waals surface area (Å²) >= 11 is 0. The van der Waals surface area contributed by atoms with Crippen LogP contribution in [-0.4, -0.2) is 59.3 Å². The Balaban J connectivity index is 1.40. The molecule has 1 aromatic carbocycles. The van der Waals surface area contributed by atoms with Crippen molar-refractivity contribution in [3.8, 4) is 5.75 Å². The van der Waals surface area contributed by atoms with Crippen LogP contribution in [0.2, 0.25) is 0 Å². The largest absolute Gasteiger partial charge is 0.494 e. The van der Waals surface area contributed by atoms with E-state index in [9.17, 15) is 14.4 Å². The molecular weight excluding hydrogens is 406 g/mol. The van der Waals surface area contributed by atoms with Crippen LogP contribution >= 0.6 is 0 Å². The number of ether oxygens (including phenoxy) is 1. The van der Waals surface area contributed by atoms with Gasteiger partial charge in [-0.25, -0.2) is 0 Å². The lowest BCUT2D eigenvalue weighted by Gasteiger charge is -2.35. The first-order valence-electron chi connectivity index (χ1n) is 11.3. The Morgan fingerprint density at radius 1 is 1.06 bits per heavy atom. The van der Waals surface area contributed by atoms with Gasteiger partial charge in [0.05, 0.1) is 6.61 Å². The lowest BCUT2D eigenvalue weighted by Crippen LogP contribution is -2.49. The molecule has 1 fully saturated rings. The molecule has 1 amide bonds. The van der Waals surface area contributed by atoms with Crippen molar-refractivity contribution < 1.29 is 14.3 Å². The normalized spacial score (nSPS) is 18.3. The number of carbonyl (C=O) groups is 2. The van der Waals surface area contributed by atoms with Gasteiger partial charge in [0.2, 0.25) is 0 Å². The van der Waals surface area contributed by atoms with Crippen molar-refractivity contribution in [3.63, 3.8) is 0 Å². The van der Waals surface area contributed by atoms with Gasteiger partial charge in [-0.2, -0.15) is 0 Å². The number of Topliss-reactive ketones (excluding diaryl/α,β-unsaturated/α-hetero) is 1. The molecule has 0 unspecified atom stereocenters. The summed E-state index contributed by atoms with van der Waals surface area (Å²) in [7, 11) is 0. The van der Waals surface area contributed by atoms with Crippen LogP contribution in [0.3, 0.4) is 0 Å². The zero-order valence-electron chi connectivity index (χ0n) is 19.1. The van der Waals surface area contributed by atoms with Crippen LogP contribution in [0, 0.1) is 5.41 Å². The second-order valence-corrected chi connectivity index (χ2v) is 9.49. The number of hydrogen-bond donors (Lipinski definition) is 1. The van der Waals surface area contributed by atoms with Crippen LogP contribution in [0.5, 0.6) is 5.75 Å². The predicted molar refractivity (Wildman–Crippen MR) is 122 cm³/mol. The number of benzene rings is 1. The lowest BCUT2D eigenvalue weighted by atomic mass is 9.75. The Labute approximate surface area is 188 Å². The van der Waals surface area contributed by atoms with Crippen molar-refractivity contribution in [1.82, 2.24) is 14.8 Å². The Morgan fingerprint density at radius 3 is 2.41 bits per heavy atom. The quantitative estimate of drug-likeness (QED) is 0.778. The molecule has 2 aliphatic rings. The molecule has 0 spiro atoms. The number of aromatic nitrogens is 1. The lowest BCUT2D eigenvalue weighted by molar-refractivity contribution is 0.0626. The highest BCUT2D eigenvalue weighted by molar-refractivity contribution is 6.02. The van der Waals surface area contributed by atoms with Crippen molar-refractivity contribution in [2.75, 3.05) is 32.8 Å². The highest BCUT2D eigenvalue weighted by Gasteiger charge is 2.33. The first-order chi connectivity index (χ1) is 15.3. The first-order valence-corrected chi connectivity index (χ1v) is 11.3. The number of H-pyrrole nitrogens is 1. The molecule has 0 bridgehead atoms. The molecule has 0 atom stereocenters. The second kappa shape index (κ2) is 8.90. The van der Waals surface area contributed by atoms with E-state index in [4.69, 9.17) is 4.74 Å². The topological polar surface area (TPSA) is 82.7 Å². The number of piperazine rings is 1. The van der Waals surface area contributed by atoms with Crippen molar-refractivity contribution in [2.45, 2.75) is 40.2 Å². The fraction of sp³-hybridized carbons (Fsp3) is 0.480. The standard InChI is InChI=1S/C25H31N3O4/c1-4-32-18-7-5-17(6-8-18)16-27-9-11-28(12-10-27)24(31)20-13-19-21(26-23(20)30)14-25(2,3)15-22(19)29/h5-8,13H,4,9-12,14-16H2,1-3H3,(H,26,30). The average molecular weight is 438 g/mol. The molecule has 1 saturated heterocycles. The average Bonchev–Trinajstić information content (AvgIpc) is 2.74. The van der Waals surface area contributed by atoms with Gasteiger partial charge in [-0.05, 0) is 42.5 Å². The van der Waals surface area contributed by atoms with Crippen molar-refractivity contribution in [2.24, 2.45) is 5.41 Å². The second-order valence-electron chi connectivity index (χ2n) is 9.49. The summed E-state index contributed by atoms with van der Waals surface area (Å²) in [6.07, 6.45) is 1.05. The smallest absolute Gasteiger partial charge is 0.261 e. The van der Waals surface area contributed by atoms with Gasteiger partial charge < -0.3 is 14.6 Å². The third-order valence-corrected chi connectivity index (χ3v) is 6.25. The Hall–Kier alpha value is -2.93. The number of aromatic amines is 1. The van der Waals surface area contributed by atoms with E-state index in [0.717, 1.165) is 25.4 Å². The number of rotatable bonds is 5. The SMILES string of the molecule is CCOc1ccc(CN2CCN(C(=O)c3cc4c([nH]c3=O)CC(C)(C)CC4=O)CC2)cc1. The van der Waals surface area contributed by atoms with Crippen LogP contribution in [0.4, 0.5) is 0 Å². The molecule has 1 N–H and O–H groups in total. The maximum absolute atomic E-state index is 13.1. The van der Waals surface area contributed by atoms with E-state index < -0.39 is 5.56 Å². The summed E-state index contributed by atoms with van der Waals surface area (Å²) < 4.78 is 5.49. The molecule has 1 aromatic heterocycles. The van der Waals surface area contributed by atoms with Crippen molar-refractivity contribution in [3.05, 3.63) is 63.1 Å². The van der Waals surface area contributed by atoms with Crippen LogP contribution in [0.1, 0.15) is 59.2 Å². The maximum atomic E-state index is 13.1. The molecule has 7 nitrogen and oxygen atoms in total. The highest BCUT2D eigenvalue weighted by Crippen LogP contribution is 2.33. The molecule has 2 aromatic rings. The van der Waals surface area contributed by atoms with Gasteiger partial charge in [-0.1, -0.05) is 26.0 Å². The van der Waals surface area contributed by atoms with Crippen LogP contribution in [0.15, 0.2) is 35.1 Å². The molecule has 4 rings (SSSR count). The van der Waals surface area contributed by atoms with Crippen LogP contribution in [-0.2, 0) is 13.0 Å². The molecule has 170 valence electrons. The Bertz CT molecular complexity index is 1060. The number of amides is 1. The number of hydrogen-bond acceptors (Lipinski definition) is 5. The van der Waals surface area contributed by atoms with Gasteiger partial charge in [-0.3, -0.25) is 19.3 Å². The molecular formula is C25H31N3O4. The zero-order valence-corrected chi connectivity index (χ0v) is 19.1. The molecule has 1 aliphatic carbocycles. The fourth-order valence-corrected chi connectivity index (χ4v) is 4.58. The molecule has 0 radical (unpaired) electrons. The minimum Gasteiger partial charge on any atom is -0.494 e. The molecule has 1 aliphatic heterocycles.